The van der Waals surface area contributed by atoms with E-state index in [2.05, 4.69) is 17.1 Å². The Morgan fingerprint density at radius 3 is 2.33 bits per heavy atom. The number of hydrogen-bond acceptors (Lipinski definition) is 5. The minimum Gasteiger partial charge on any atom is -0.493 e. The highest BCUT2D eigenvalue weighted by atomic mass is 16.5. The van der Waals surface area contributed by atoms with Gasteiger partial charge >= 0.3 is 0 Å². The van der Waals surface area contributed by atoms with Gasteiger partial charge in [-0.2, -0.15) is 5.10 Å². The zero-order valence-electron chi connectivity index (χ0n) is 22.1. The van der Waals surface area contributed by atoms with E-state index < -0.39 is 6.23 Å². The molecule has 0 radical (unpaired) electrons. The highest BCUT2D eigenvalue weighted by Crippen LogP contribution is 2.30. The van der Waals surface area contributed by atoms with Crippen molar-refractivity contribution in [2.24, 2.45) is 0 Å². The molecule has 0 aliphatic heterocycles. The molecular formula is C31H35N3O5. The fourth-order valence-electron chi connectivity index (χ4n) is 4.13. The van der Waals surface area contributed by atoms with Crippen LogP contribution in [0.2, 0.25) is 0 Å². The first-order valence-electron chi connectivity index (χ1n) is 13.0. The van der Waals surface area contributed by atoms with Crippen molar-refractivity contribution in [3.8, 4) is 16.9 Å². The molecule has 1 aromatic heterocycles. The summed E-state index contributed by atoms with van der Waals surface area (Å²) in [6.07, 6.45) is 6.77. The molecule has 204 valence electrons. The number of rotatable bonds is 12. The molecule has 4 aromatic rings. The average molecular weight is 530 g/mol. The molecule has 1 atom stereocenters. The number of aromatic amines is 1. The molecular weight excluding hydrogens is 494 g/mol. The van der Waals surface area contributed by atoms with Crippen LogP contribution in [0.25, 0.3) is 11.1 Å². The number of carbonyl (C=O) groups is 2. The van der Waals surface area contributed by atoms with E-state index in [1.165, 1.54) is 11.3 Å². The number of aliphatic hydroxyl groups excluding tert-OH is 1. The summed E-state index contributed by atoms with van der Waals surface area (Å²) in [5.41, 5.74) is 3.90. The van der Waals surface area contributed by atoms with Crippen molar-refractivity contribution in [1.29, 1.82) is 0 Å². The Labute approximate surface area is 228 Å². The molecule has 0 spiro atoms. The van der Waals surface area contributed by atoms with Gasteiger partial charge in [0.05, 0.1) is 12.8 Å². The molecule has 8 heteroatoms. The van der Waals surface area contributed by atoms with E-state index in [0.717, 1.165) is 36.0 Å². The fourth-order valence-corrected chi connectivity index (χ4v) is 4.13. The Hall–Kier alpha value is -4.43. The van der Waals surface area contributed by atoms with E-state index >= 15 is 0 Å². The van der Waals surface area contributed by atoms with Crippen molar-refractivity contribution >= 4 is 12.4 Å². The molecule has 3 N–H and O–H groups in total. The molecule has 3 aromatic carbocycles. The Kier molecular flexibility index (Phi) is 11.8. The van der Waals surface area contributed by atoms with Gasteiger partial charge in [0, 0.05) is 29.4 Å². The van der Waals surface area contributed by atoms with Crippen molar-refractivity contribution in [1.82, 2.24) is 15.1 Å². The maximum Gasteiger partial charge on any atom is 0.290 e. The number of para-hydroxylation sites is 1. The monoisotopic (exact) mass is 529 g/mol. The van der Waals surface area contributed by atoms with Crippen LogP contribution in [0, 0.1) is 0 Å². The van der Waals surface area contributed by atoms with Gasteiger partial charge in [0.25, 0.3) is 12.4 Å². The highest BCUT2D eigenvalue weighted by Gasteiger charge is 2.27. The molecule has 0 aliphatic rings. The Bertz CT molecular complexity index is 1260. The number of carboxylic acid groups (broad SMARTS) is 1. The van der Waals surface area contributed by atoms with E-state index in [-0.39, 0.29) is 18.9 Å². The second-order valence-corrected chi connectivity index (χ2v) is 8.91. The van der Waals surface area contributed by atoms with Gasteiger partial charge in [0.1, 0.15) is 5.75 Å². The first-order valence-corrected chi connectivity index (χ1v) is 13.0. The average Bonchev–Trinajstić information content (AvgIpc) is 3.52. The topological polar surface area (TPSA) is 116 Å². The van der Waals surface area contributed by atoms with Crippen LogP contribution in [0.4, 0.5) is 0 Å². The minimum atomic E-state index is -1.17. The maximum absolute atomic E-state index is 13.7. The van der Waals surface area contributed by atoms with Crippen LogP contribution >= 0.6 is 0 Å². The smallest absolute Gasteiger partial charge is 0.290 e. The van der Waals surface area contributed by atoms with Gasteiger partial charge in [-0.05, 0) is 35.7 Å². The minimum absolute atomic E-state index is 0.250. The van der Waals surface area contributed by atoms with Gasteiger partial charge in [0.15, 0.2) is 6.23 Å². The second kappa shape index (κ2) is 15.7. The van der Waals surface area contributed by atoms with Gasteiger partial charge in [-0.15, -0.1) is 0 Å². The van der Waals surface area contributed by atoms with Crippen molar-refractivity contribution in [2.75, 3.05) is 6.61 Å². The number of amides is 1. The van der Waals surface area contributed by atoms with Gasteiger partial charge < -0.3 is 19.8 Å². The predicted molar refractivity (Wildman–Crippen MR) is 150 cm³/mol. The van der Waals surface area contributed by atoms with E-state index in [1.807, 2.05) is 72.9 Å². The van der Waals surface area contributed by atoms with Gasteiger partial charge in [-0.1, -0.05) is 86.8 Å². The SMILES string of the molecule is CCCCCCOc1ccccc1C(O)N(Cc1ccccc1)C(=O)c1ccc(-c2cn[nH]c2)cc1.O=CO. The number of aromatic nitrogens is 2. The summed E-state index contributed by atoms with van der Waals surface area (Å²) in [5.74, 6) is 0.338. The summed E-state index contributed by atoms with van der Waals surface area (Å²) in [5, 5.41) is 25.2. The summed E-state index contributed by atoms with van der Waals surface area (Å²) in [4.78, 5) is 23.6. The third-order valence-corrected chi connectivity index (χ3v) is 6.17. The maximum atomic E-state index is 13.7. The molecule has 0 saturated heterocycles. The molecule has 0 fully saturated rings. The van der Waals surface area contributed by atoms with Crippen LogP contribution in [0.15, 0.2) is 91.3 Å². The second-order valence-electron chi connectivity index (χ2n) is 8.91. The van der Waals surface area contributed by atoms with Crippen LogP contribution in [0.3, 0.4) is 0 Å². The zero-order valence-corrected chi connectivity index (χ0v) is 22.1. The largest absolute Gasteiger partial charge is 0.493 e. The van der Waals surface area contributed by atoms with Crippen LogP contribution in [0.1, 0.15) is 60.3 Å². The number of nitrogens with one attached hydrogen (secondary N) is 1. The number of unbranched alkanes of at least 4 members (excludes halogenated alkanes) is 3. The molecule has 1 amide bonds. The number of aliphatic hydroxyl groups is 1. The fraction of sp³-hybridized carbons (Fsp3) is 0.258. The van der Waals surface area contributed by atoms with Gasteiger partial charge in [-0.25, -0.2) is 0 Å². The summed E-state index contributed by atoms with van der Waals surface area (Å²) < 4.78 is 6.04. The van der Waals surface area contributed by atoms with E-state index in [1.54, 1.807) is 18.3 Å². The standard InChI is InChI=1S/C30H33N3O3.CH2O2/c1-2-3-4-10-19-36-28-14-9-8-13-27(28)30(35)33(22-23-11-6-5-7-12-23)29(34)25-17-15-24(16-18-25)26-20-31-32-21-26;2-1-3/h5-9,11-18,20-21,30,35H,2-4,10,19,22H2,1H3,(H,31,32);1H,(H,2,3). The first kappa shape index (κ1) is 29.1. The Balaban J connectivity index is 0.00000134. The molecule has 1 heterocycles. The molecule has 0 bridgehead atoms. The lowest BCUT2D eigenvalue weighted by molar-refractivity contribution is -0.122. The molecule has 0 aliphatic carbocycles. The number of hydrogen-bond donors (Lipinski definition) is 3. The lowest BCUT2D eigenvalue weighted by Crippen LogP contribution is -2.34. The van der Waals surface area contributed by atoms with Crippen molar-refractivity contribution in [3.05, 3.63) is 108 Å². The van der Waals surface area contributed by atoms with Gasteiger partial charge in [-0.3, -0.25) is 14.7 Å². The third-order valence-electron chi connectivity index (χ3n) is 6.17. The molecule has 8 nitrogen and oxygen atoms in total. The number of nitrogens with zero attached hydrogens (tertiary/aromatic N) is 2. The molecule has 0 saturated carbocycles. The van der Waals surface area contributed by atoms with Gasteiger partial charge in [0.2, 0.25) is 0 Å². The number of carbonyl (C=O) groups excluding carboxylic acids is 1. The molecule has 39 heavy (non-hydrogen) atoms. The van der Waals surface area contributed by atoms with Crippen LogP contribution in [-0.4, -0.2) is 44.3 Å². The van der Waals surface area contributed by atoms with E-state index in [9.17, 15) is 9.90 Å². The lowest BCUT2D eigenvalue weighted by atomic mass is 10.0. The van der Waals surface area contributed by atoms with Crippen molar-refractivity contribution in [3.63, 3.8) is 0 Å². The summed E-state index contributed by atoms with van der Waals surface area (Å²) in [6.45, 7) is 2.76. The van der Waals surface area contributed by atoms with E-state index in [4.69, 9.17) is 14.6 Å². The van der Waals surface area contributed by atoms with E-state index in [0.29, 0.717) is 23.5 Å². The highest BCUT2D eigenvalue weighted by molar-refractivity contribution is 5.95. The Morgan fingerprint density at radius 1 is 0.974 bits per heavy atom. The summed E-state index contributed by atoms with van der Waals surface area (Å²) in [7, 11) is 0. The van der Waals surface area contributed by atoms with Crippen LogP contribution in [-0.2, 0) is 11.3 Å². The summed E-state index contributed by atoms with van der Waals surface area (Å²) in [6, 6.07) is 24.4. The molecule has 4 rings (SSSR count). The quantitative estimate of drug-likeness (QED) is 0.117. The van der Waals surface area contributed by atoms with Crippen molar-refractivity contribution < 1.29 is 24.5 Å². The molecule has 1 unspecified atom stereocenters. The number of benzene rings is 3. The zero-order chi connectivity index (χ0) is 27.9. The number of H-pyrrole nitrogens is 1. The predicted octanol–water partition coefficient (Wildman–Crippen LogP) is 6.07. The lowest BCUT2D eigenvalue weighted by Gasteiger charge is -2.30. The van der Waals surface area contributed by atoms with Crippen LogP contribution in [0.5, 0.6) is 5.75 Å². The first-order chi connectivity index (χ1) is 19.1. The third kappa shape index (κ3) is 8.55. The Morgan fingerprint density at radius 2 is 1.67 bits per heavy atom. The number of ether oxygens (including phenoxy) is 1. The summed E-state index contributed by atoms with van der Waals surface area (Å²) >= 11 is 0. The van der Waals surface area contributed by atoms with Crippen LogP contribution < -0.4 is 4.74 Å². The van der Waals surface area contributed by atoms with Crippen molar-refractivity contribution in [2.45, 2.75) is 45.4 Å². The normalized spacial score (nSPS) is 11.1.